The number of hydrogen-bond donors (Lipinski definition) is 1. The number of nitrogen functional groups attached to an aromatic ring is 1. The van der Waals surface area contributed by atoms with E-state index in [1.807, 2.05) is 18.4 Å². The normalized spacial score (nSPS) is 18.2. The number of nitrogens with two attached hydrogens (primary N) is 1. The lowest BCUT2D eigenvalue weighted by Gasteiger charge is -2.33. The number of aromatic nitrogens is 2. The summed E-state index contributed by atoms with van der Waals surface area (Å²) < 4.78 is 11.4. The van der Waals surface area contributed by atoms with Crippen LogP contribution in [0.5, 0.6) is 0 Å². The number of rotatable bonds is 4. The molecule has 2 aromatic heterocycles. The highest BCUT2D eigenvalue weighted by atomic mass is 32.1. The Morgan fingerprint density at radius 3 is 2.85 bits per heavy atom. The number of ether oxygens (including phenoxy) is 1. The monoisotopic (exact) mass is 293 g/mol. The molecule has 0 unspecified atom stereocenters. The van der Waals surface area contributed by atoms with E-state index < -0.39 is 0 Å². The summed E-state index contributed by atoms with van der Waals surface area (Å²) in [6.07, 6.45) is 5.45. The number of thiophene rings is 1. The van der Waals surface area contributed by atoms with E-state index in [2.05, 4.69) is 10.1 Å². The average Bonchev–Trinajstić information content (AvgIpc) is 3.08. The third-order valence-electron chi connectivity index (χ3n) is 3.81. The minimum absolute atomic E-state index is 0.374. The molecule has 2 N–H and O–H groups in total. The smallest absolute Gasteiger partial charge is 0.270 e. The maximum absolute atomic E-state index is 6.00. The fourth-order valence-corrected chi connectivity index (χ4v) is 3.56. The van der Waals surface area contributed by atoms with E-state index in [1.54, 1.807) is 0 Å². The van der Waals surface area contributed by atoms with Crippen molar-refractivity contribution in [2.45, 2.75) is 44.6 Å². The van der Waals surface area contributed by atoms with Crippen LogP contribution in [0.1, 0.15) is 44.9 Å². The minimum Gasteiger partial charge on any atom is -0.397 e. The van der Waals surface area contributed by atoms with E-state index >= 15 is 0 Å². The van der Waals surface area contributed by atoms with Crippen LogP contribution < -0.4 is 5.73 Å². The first kappa shape index (κ1) is 13.6. The molecule has 1 aliphatic carbocycles. The lowest BCUT2D eigenvalue weighted by Crippen LogP contribution is -2.33. The molecule has 0 aromatic carbocycles. The summed E-state index contributed by atoms with van der Waals surface area (Å²) in [5, 5.41) is 6.09. The van der Waals surface area contributed by atoms with Crippen LogP contribution in [0.15, 0.2) is 16.0 Å². The number of nitrogens with zero attached hydrogens (tertiary/aromatic N) is 2. The second kappa shape index (κ2) is 5.54. The number of hydrogen-bond acceptors (Lipinski definition) is 6. The van der Waals surface area contributed by atoms with Crippen LogP contribution >= 0.6 is 11.3 Å². The average molecular weight is 293 g/mol. The first-order chi connectivity index (χ1) is 9.75. The Morgan fingerprint density at radius 2 is 2.20 bits per heavy atom. The standard InChI is InChI=1S/C14H19N3O2S/c1-2-18-14(7-4-3-5-8-14)13-16-12(19-17-13)11-10(15)6-9-20-11/h6,9H,2-5,7-8,15H2,1H3. The lowest BCUT2D eigenvalue weighted by atomic mass is 9.84. The molecule has 1 aliphatic rings. The largest absolute Gasteiger partial charge is 0.397 e. The molecule has 0 saturated heterocycles. The van der Waals surface area contributed by atoms with E-state index in [9.17, 15) is 0 Å². The summed E-state index contributed by atoms with van der Waals surface area (Å²) in [6.45, 7) is 2.67. The highest BCUT2D eigenvalue weighted by Crippen LogP contribution is 2.40. The van der Waals surface area contributed by atoms with Gasteiger partial charge in [0, 0.05) is 6.61 Å². The topological polar surface area (TPSA) is 74.2 Å². The van der Waals surface area contributed by atoms with Gasteiger partial charge in [0.25, 0.3) is 5.89 Å². The van der Waals surface area contributed by atoms with Gasteiger partial charge in [-0.25, -0.2) is 0 Å². The van der Waals surface area contributed by atoms with Crippen LogP contribution in [-0.4, -0.2) is 16.7 Å². The predicted molar refractivity (Wildman–Crippen MR) is 78.4 cm³/mol. The lowest BCUT2D eigenvalue weighted by molar-refractivity contribution is -0.0777. The van der Waals surface area contributed by atoms with Crippen molar-refractivity contribution in [2.24, 2.45) is 0 Å². The Morgan fingerprint density at radius 1 is 1.40 bits per heavy atom. The van der Waals surface area contributed by atoms with Crippen molar-refractivity contribution >= 4 is 17.0 Å². The molecule has 0 aliphatic heterocycles. The van der Waals surface area contributed by atoms with Crippen LogP contribution in [0.2, 0.25) is 0 Å². The second-order valence-corrected chi connectivity index (χ2v) is 6.03. The maximum Gasteiger partial charge on any atom is 0.270 e. The fraction of sp³-hybridized carbons (Fsp3) is 0.571. The number of anilines is 1. The summed E-state index contributed by atoms with van der Waals surface area (Å²) in [4.78, 5) is 5.39. The molecule has 0 bridgehead atoms. The molecule has 2 aromatic rings. The molecule has 3 rings (SSSR count). The summed E-state index contributed by atoms with van der Waals surface area (Å²) >= 11 is 1.51. The van der Waals surface area contributed by atoms with Gasteiger partial charge in [-0.05, 0) is 31.2 Å². The fourth-order valence-electron chi connectivity index (χ4n) is 2.83. The highest BCUT2D eigenvalue weighted by Gasteiger charge is 2.39. The van der Waals surface area contributed by atoms with E-state index in [4.69, 9.17) is 15.0 Å². The van der Waals surface area contributed by atoms with Crippen molar-refractivity contribution < 1.29 is 9.26 Å². The van der Waals surface area contributed by atoms with Crippen molar-refractivity contribution in [3.8, 4) is 10.8 Å². The first-order valence-corrected chi connectivity index (χ1v) is 7.94. The summed E-state index contributed by atoms with van der Waals surface area (Å²) in [6, 6.07) is 1.85. The molecular weight excluding hydrogens is 274 g/mol. The SMILES string of the molecule is CCOC1(c2noc(-c3sccc3N)n2)CCCCC1. The molecule has 0 amide bonds. The van der Waals surface area contributed by atoms with E-state index in [-0.39, 0.29) is 5.60 Å². The molecule has 0 atom stereocenters. The highest BCUT2D eigenvalue weighted by molar-refractivity contribution is 7.14. The molecule has 6 heteroatoms. The second-order valence-electron chi connectivity index (χ2n) is 5.12. The third kappa shape index (κ3) is 2.33. The van der Waals surface area contributed by atoms with Gasteiger partial charge in [0.2, 0.25) is 5.82 Å². The van der Waals surface area contributed by atoms with Crippen molar-refractivity contribution in [1.82, 2.24) is 10.1 Å². The summed E-state index contributed by atoms with van der Waals surface area (Å²) in [5.41, 5.74) is 6.21. The van der Waals surface area contributed by atoms with Crippen LogP contribution in [0, 0.1) is 0 Å². The molecule has 0 spiro atoms. The Labute approximate surface area is 122 Å². The predicted octanol–water partition coefficient (Wildman–Crippen LogP) is 3.58. The van der Waals surface area contributed by atoms with Crippen LogP contribution in [0.3, 0.4) is 0 Å². The van der Waals surface area contributed by atoms with Gasteiger partial charge in [0.1, 0.15) is 10.5 Å². The zero-order valence-electron chi connectivity index (χ0n) is 11.6. The van der Waals surface area contributed by atoms with Gasteiger partial charge in [0.05, 0.1) is 5.69 Å². The van der Waals surface area contributed by atoms with Gasteiger partial charge < -0.3 is 15.0 Å². The maximum atomic E-state index is 6.00. The quantitative estimate of drug-likeness (QED) is 0.932. The molecule has 5 nitrogen and oxygen atoms in total. The van der Waals surface area contributed by atoms with E-state index in [0.717, 1.165) is 30.6 Å². The molecule has 0 radical (unpaired) electrons. The van der Waals surface area contributed by atoms with Crippen LogP contribution in [-0.2, 0) is 10.3 Å². The first-order valence-electron chi connectivity index (χ1n) is 7.07. The molecule has 20 heavy (non-hydrogen) atoms. The Balaban J connectivity index is 1.93. The Hall–Kier alpha value is -1.40. The third-order valence-corrected chi connectivity index (χ3v) is 4.72. The van der Waals surface area contributed by atoms with E-state index in [1.165, 1.54) is 17.8 Å². The van der Waals surface area contributed by atoms with Gasteiger partial charge in [-0.3, -0.25) is 0 Å². The van der Waals surface area contributed by atoms with Gasteiger partial charge in [-0.2, -0.15) is 4.98 Å². The van der Waals surface area contributed by atoms with Crippen molar-refractivity contribution in [2.75, 3.05) is 12.3 Å². The molecular formula is C14H19N3O2S. The van der Waals surface area contributed by atoms with Crippen LogP contribution in [0.25, 0.3) is 10.8 Å². The zero-order valence-corrected chi connectivity index (χ0v) is 12.4. The van der Waals surface area contributed by atoms with Crippen molar-refractivity contribution in [1.29, 1.82) is 0 Å². The minimum atomic E-state index is -0.374. The molecule has 2 heterocycles. The van der Waals surface area contributed by atoms with Gasteiger partial charge in [-0.15, -0.1) is 11.3 Å². The van der Waals surface area contributed by atoms with Gasteiger partial charge in [0.15, 0.2) is 0 Å². The molecule has 1 saturated carbocycles. The van der Waals surface area contributed by atoms with Crippen molar-refractivity contribution in [3.63, 3.8) is 0 Å². The summed E-state index contributed by atoms with van der Waals surface area (Å²) in [5.74, 6) is 1.17. The molecule has 1 fully saturated rings. The Kier molecular flexibility index (Phi) is 3.76. The summed E-state index contributed by atoms with van der Waals surface area (Å²) in [7, 11) is 0. The van der Waals surface area contributed by atoms with E-state index in [0.29, 0.717) is 24.0 Å². The van der Waals surface area contributed by atoms with Crippen molar-refractivity contribution in [3.05, 3.63) is 17.3 Å². The van der Waals surface area contributed by atoms with Gasteiger partial charge >= 0.3 is 0 Å². The zero-order chi connectivity index (χ0) is 14.0. The van der Waals surface area contributed by atoms with Gasteiger partial charge in [-0.1, -0.05) is 24.4 Å². The molecule has 108 valence electrons. The Bertz CT molecular complexity index is 567. The van der Waals surface area contributed by atoms with Crippen LogP contribution in [0.4, 0.5) is 5.69 Å².